The number of sulfonamides is 1. The zero-order valence-corrected chi connectivity index (χ0v) is 13.8. The smallest absolute Gasteiger partial charge is 0.231 e. The maximum absolute atomic E-state index is 11.9. The van der Waals surface area contributed by atoms with Gasteiger partial charge in [-0.2, -0.15) is 4.31 Å². The Bertz CT molecular complexity index is 687. The van der Waals surface area contributed by atoms with Gasteiger partial charge in [0.15, 0.2) is 11.5 Å². The van der Waals surface area contributed by atoms with E-state index in [4.69, 9.17) is 9.47 Å². The highest BCUT2D eigenvalue weighted by Crippen LogP contribution is 2.32. The van der Waals surface area contributed by atoms with Crippen LogP contribution in [0.3, 0.4) is 0 Å². The van der Waals surface area contributed by atoms with Crippen LogP contribution < -0.4 is 14.8 Å². The summed E-state index contributed by atoms with van der Waals surface area (Å²) in [6.07, 6.45) is 2.78. The molecule has 1 aliphatic rings. The second kappa shape index (κ2) is 7.47. The molecule has 0 fully saturated rings. The van der Waals surface area contributed by atoms with Gasteiger partial charge >= 0.3 is 0 Å². The van der Waals surface area contributed by atoms with E-state index in [1.807, 2.05) is 0 Å². The second-order valence-corrected chi connectivity index (χ2v) is 7.11. The van der Waals surface area contributed by atoms with Crippen LogP contribution in [0.25, 0.3) is 0 Å². The second-order valence-electron chi connectivity index (χ2n) is 5.13. The summed E-state index contributed by atoms with van der Waals surface area (Å²) in [6, 6.07) is 5.27. The first-order chi connectivity index (χ1) is 10.9. The Hall–Kier alpha value is -2.06. The minimum Gasteiger partial charge on any atom is -0.454 e. The number of fused-ring (bicyclic) bond motifs is 1. The molecule has 2 rings (SSSR count). The highest BCUT2D eigenvalue weighted by atomic mass is 32.2. The van der Waals surface area contributed by atoms with Gasteiger partial charge in [-0.3, -0.25) is 4.79 Å². The van der Waals surface area contributed by atoms with E-state index in [0.717, 1.165) is 11.8 Å². The van der Waals surface area contributed by atoms with Crippen molar-refractivity contribution in [2.75, 3.05) is 26.1 Å². The van der Waals surface area contributed by atoms with E-state index in [2.05, 4.69) is 11.9 Å². The Balaban J connectivity index is 2.01. The number of nitrogens with zero attached hydrogens (tertiary/aromatic N) is 1. The first kappa shape index (κ1) is 17.3. The number of nitrogens with one attached hydrogen (secondary N) is 1. The van der Waals surface area contributed by atoms with Gasteiger partial charge in [0.05, 0.1) is 6.26 Å². The Kier molecular flexibility index (Phi) is 5.62. The molecule has 8 heteroatoms. The molecule has 126 valence electrons. The van der Waals surface area contributed by atoms with Crippen LogP contribution in [-0.4, -0.2) is 44.8 Å². The van der Waals surface area contributed by atoms with Crippen LogP contribution in [0.15, 0.2) is 30.9 Å². The average Bonchev–Trinajstić information content (AvgIpc) is 2.95. The summed E-state index contributed by atoms with van der Waals surface area (Å²) in [4.78, 5) is 11.6. The molecule has 0 unspecified atom stereocenters. The predicted molar refractivity (Wildman–Crippen MR) is 85.6 cm³/mol. The van der Waals surface area contributed by atoms with E-state index < -0.39 is 10.0 Å². The van der Waals surface area contributed by atoms with Gasteiger partial charge in [-0.1, -0.05) is 12.1 Å². The summed E-state index contributed by atoms with van der Waals surface area (Å²) >= 11 is 0. The van der Waals surface area contributed by atoms with Crippen molar-refractivity contribution in [3.05, 3.63) is 36.4 Å². The lowest BCUT2D eigenvalue weighted by atomic mass is 10.2. The summed E-state index contributed by atoms with van der Waals surface area (Å²) in [5.74, 6) is 1.02. The van der Waals surface area contributed by atoms with Crippen molar-refractivity contribution < 1.29 is 22.7 Å². The minimum absolute atomic E-state index is 0.0888. The van der Waals surface area contributed by atoms with Crippen molar-refractivity contribution in [3.63, 3.8) is 0 Å². The van der Waals surface area contributed by atoms with Gasteiger partial charge in [0, 0.05) is 26.1 Å². The van der Waals surface area contributed by atoms with Crippen LogP contribution in [0.1, 0.15) is 12.0 Å². The van der Waals surface area contributed by atoms with Crippen LogP contribution >= 0.6 is 0 Å². The lowest BCUT2D eigenvalue weighted by Crippen LogP contribution is -2.34. The number of amides is 1. The molecule has 0 aromatic heterocycles. The molecular formula is C15H20N2O5S. The molecule has 1 heterocycles. The third-order valence-electron chi connectivity index (χ3n) is 3.30. The summed E-state index contributed by atoms with van der Waals surface area (Å²) in [5.41, 5.74) is 0.770. The lowest BCUT2D eigenvalue weighted by Gasteiger charge is -2.20. The maximum atomic E-state index is 11.9. The van der Waals surface area contributed by atoms with Gasteiger partial charge in [0.2, 0.25) is 22.7 Å². The Labute approximate surface area is 135 Å². The summed E-state index contributed by atoms with van der Waals surface area (Å²) in [7, 11) is -3.43. The molecule has 1 N–H and O–H groups in total. The van der Waals surface area contributed by atoms with E-state index in [9.17, 15) is 13.2 Å². The molecular weight excluding hydrogens is 320 g/mol. The molecule has 0 aliphatic carbocycles. The number of benzene rings is 1. The monoisotopic (exact) mass is 340 g/mol. The lowest BCUT2D eigenvalue weighted by molar-refractivity contribution is -0.121. The summed E-state index contributed by atoms with van der Waals surface area (Å²) < 4.78 is 35.6. The third-order valence-corrected chi connectivity index (χ3v) is 4.55. The van der Waals surface area contributed by atoms with Crippen LogP contribution in [-0.2, 0) is 21.4 Å². The van der Waals surface area contributed by atoms with Gasteiger partial charge in [0.25, 0.3) is 0 Å². The largest absolute Gasteiger partial charge is 0.454 e. The molecule has 7 nitrogen and oxygen atoms in total. The molecule has 0 spiro atoms. The number of hydrogen-bond acceptors (Lipinski definition) is 5. The summed E-state index contributed by atoms with van der Waals surface area (Å²) in [6.45, 7) is 4.31. The first-order valence-electron chi connectivity index (χ1n) is 7.11. The first-order valence-corrected chi connectivity index (χ1v) is 8.96. The minimum atomic E-state index is -3.43. The van der Waals surface area contributed by atoms with Crippen molar-refractivity contribution >= 4 is 15.9 Å². The molecule has 1 aliphatic heterocycles. The Morgan fingerprint density at radius 1 is 1.39 bits per heavy atom. The highest BCUT2D eigenvalue weighted by molar-refractivity contribution is 7.88. The Morgan fingerprint density at radius 3 is 2.83 bits per heavy atom. The van der Waals surface area contributed by atoms with Crippen LogP contribution in [0.2, 0.25) is 0 Å². The molecule has 0 radical (unpaired) electrons. The number of ether oxygens (including phenoxy) is 2. The molecule has 1 aromatic carbocycles. The van der Waals surface area contributed by atoms with Crippen molar-refractivity contribution in [1.29, 1.82) is 0 Å². The fraction of sp³-hybridized carbons (Fsp3) is 0.400. The molecule has 23 heavy (non-hydrogen) atoms. The van der Waals surface area contributed by atoms with Crippen molar-refractivity contribution in [1.82, 2.24) is 9.62 Å². The van der Waals surface area contributed by atoms with Crippen LogP contribution in [0.5, 0.6) is 11.5 Å². The topological polar surface area (TPSA) is 84.9 Å². The van der Waals surface area contributed by atoms with E-state index >= 15 is 0 Å². The fourth-order valence-electron chi connectivity index (χ4n) is 2.11. The normalized spacial score (nSPS) is 13.1. The molecule has 0 saturated carbocycles. The predicted octanol–water partition coefficient (Wildman–Crippen LogP) is 0.869. The molecule has 1 amide bonds. The molecule has 0 saturated heterocycles. The van der Waals surface area contributed by atoms with Crippen molar-refractivity contribution in [2.45, 2.75) is 13.0 Å². The number of rotatable bonds is 8. The van der Waals surface area contributed by atoms with Crippen molar-refractivity contribution in [3.8, 4) is 11.5 Å². The van der Waals surface area contributed by atoms with Gasteiger partial charge in [0.1, 0.15) is 0 Å². The van der Waals surface area contributed by atoms with Crippen molar-refractivity contribution in [2.24, 2.45) is 0 Å². The number of carbonyl (C=O) groups excluding carboxylic acids is 1. The Morgan fingerprint density at radius 2 is 2.13 bits per heavy atom. The van der Waals surface area contributed by atoms with Crippen LogP contribution in [0, 0.1) is 0 Å². The highest BCUT2D eigenvalue weighted by Gasteiger charge is 2.20. The van der Waals surface area contributed by atoms with E-state index in [1.165, 1.54) is 4.31 Å². The van der Waals surface area contributed by atoms with Gasteiger partial charge in [-0.25, -0.2) is 8.42 Å². The zero-order chi connectivity index (χ0) is 16.9. The number of hydrogen-bond donors (Lipinski definition) is 1. The summed E-state index contributed by atoms with van der Waals surface area (Å²) in [5, 5.41) is 2.62. The van der Waals surface area contributed by atoms with Crippen LogP contribution in [0.4, 0.5) is 0 Å². The maximum Gasteiger partial charge on any atom is 0.231 e. The average molecular weight is 340 g/mol. The van der Waals surface area contributed by atoms with Gasteiger partial charge < -0.3 is 14.8 Å². The standard InChI is InChI=1S/C15H20N2O5S/c1-3-7-16-15(18)6-8-17(23(2,19)20)10-12-4-5-13-14(9-12)22-11-21-13/h3-5,9H,1,6-8,10-11H2,2H3,(H,16,18). The van der Waals surface area contributed by atoms with E-state index in [-0.39, 0.29) is 32.2 Å². The van der Waals surface area contributed by atoms with E-state index in [0.29, 0.717) is 18.0 Å². The fourth-order valence-corrected chi connectivity index (χ4v) is 2.91. The molecule has 0 bridgehead atoms. The number of carbonyl (C=O) groups is 1. The quantitative estimate of drug-likeness (QED) is 0.710. The molecule has 1 aromatic rings. The van der Waals surface area contributed by atoms with Gasteiger partial charge in [-0.05, 0) is 17.7 Å². The molecule has 0 atom stereocenters. The van der Waals surface area contributed by atoms with E-state index in [1.54, 1.807) is 24.3 Å². The zero-order valence-electron chi connectivity index (χ0n) is 12.9. The SMILES string of the molecule is C=CCNC(=O)CCN(Cc1ccc2c(c1)OCO2)S(C)(=O)=O. The van der Waals surface area contributed by atoms with Gasteiger partial charge in [-0.15, -0.1) is 6.58 Å². The third kappa shape index (κ3) is 4.97.